The van der Waals surface area contributed by atoms with Gasteiger partial charge in [0.1, 0.15) is 0 Å². The Hall–Kier alpha value is -1.63. The molecule has 2 N–H and O–H groups in total. The van der Waals surface area contributed by atoms with Crippen molar-refractivity contribution in [2.24, 2.45) is 0 Å². The molecule has 1 aliphatic heterocycles. The maximum Gasteiger partial charge on any atom is 0.336 e. The van der Waals surface area contributed by atoms with Crippen LogP contribution >= 0.6 is 0 Å². The predicted octanol–water partition coefficient (Wildman–Crippen LogP) is 0.865. The zero-order valence-corrected chi connectivity index (χ0v) is 12.2. The van der Waals surface area contributed by atoms with Crippen LogP contribution in [0.3, 0.4) is 0 Å². The van der Waals surface area contributed by atoms with E-state index in [1.165, 1.54) is 6.92 Å². The molecular weight excluding hydrogens is 276 g/mol. The minimum Gasteiger partial charge on any atom is -0.451 e. The van der Waals surface area contributed by atoms with E-state index in [9.17, 15) is 14.4 Å². The van der Waals surface area contributed by atoms with Crippen LogP contribution in [0.4, 0.5) is 4.79 Å². The number of imide groups is 1. The van der Waals surface area contributed by atoms with Crippen molar-refractivity contribution < 1.29 is 23.9 Å². The second-order valence-corrected chi connectivity index (χ2v) is 5.52. The number of urea groups is 1. The van der Waals surface area contributed by atoms with Gasteiger partial charge in [0.2, 0.25) is 0 Å². The third kappa shape index (κ3) is 4.70. The number of carbonyl (C=O) groups is 3. The Morgan fingerprint density at radius 3 is 2.48 bits per heavy atom. The summed E-state index contributed by atoms with van der Waals surface area (Å²) < 4.78 is 10.2. The lowest BCUT2D eigenvalue weighted by molar-refractivity contribution is -0.163. The molecule has 21 heavy (non-hydrogen) atoms. The summed E-state index contributed by atoms with van der Waals surface area (Å²) >= 11 is 0. The molecule has 0 aromatic heterocycles. The van der Waals surface area contributed by atoms with Crippen molar-refractivity contribution >= 4 is 17.9 Å². The number of carbonyl (C=O) groups excluding carboxylic acids is 3. The summed E-state index contributed by atoms with van der Waals surface area (Å²) in [6, 6.07) is -0.408. The Bertz CT molecular complexity index is 400. The van der Waals surface area contributed by atoms with Crippen molar-refractivity contribution in [2.45, 2.75) is 63.7 Å². The molecule has 1 saturated carbocycles. The van der Waals surface area contributed by atoms with Crippen LogP contribution in [0.5, 0.6) is 0 Å². The summed E-state index contributed by atoms with van der Waals surface area (Å²) in [4.78, 5) is 35.1. The molecule has 1 heterocycles. The lowest BCUT2D eigenvalue weighted by atomic mass is 10.2. The van der Waals surface area contributed by atoms with Crippen molar-refractivity contribution in [2.75, 3.05) is 6.61 Å². The second-order valence-electron chi connectivity index (χ2n) is 5.52. The van der Waals surface area contributed by atoms with E-state index in [0.29, 0.717) is 13.0 Å². The van der Waals surface area contributed by atoms with Crippen LogP contribution in [0.25, 0.3) is 0 Å². The molecular formula is C14H22N2O5. The SMILES string of the molecule is C[C@H](OC(=O)[C@@H]1CCCO1)C(=O)NC(=O)NC1CCCC1. The number of esters is 1. The van der Waals surface area contributed by atoms with Crippen LogP contribution in [-0.2, 0) is 19.1 Å². The standard InChI is InChI=1S/C14H22N2O5/c1-9(21-13(18)11-7-4-8-20-11)12(17)16-14(19)15-10-5-2-3-6-10/h9-11H,2-8H2,1H3,(H2,15,16,17,19)/t9-,11-/m0/s1. The minimum absolute atomic E-state index is 0.127. The van der Waals surface area contributed by atoms with Gasteiger partial charge < -0.3 is 14.8 Å². The summed E-state index contributed by atoms with van der Waals surface area (Å²) in [6.07, 6.45) is 3.86. The molecule has 0 spiro atoms. The van der Waals surface area contributed by atoms with Gasteiger partial charge in [-0.2, -0.15) is 0 Å². The lowest BCUT2D eigenvalue weighted by Crippen LogP contribution is -2.47. The van der Waals surface area contributed by atoms with Crippen molar-refractivity contribution in [1.29, 1.82) is 0 Å². The summed E-state index contributed by atoms with van der Waals surface area (Å²) in [5.74, 6) is -1.18. The molecule has 2 fully saturated rings. The molecule has 2 aliphatic rings. The third-order valence-corrected chi connectivity index (χ3v) is 3.78. The van der Waals surface area contributed by atoms with Crippen LogP contribution in [0.1, 0.15) is 45.4 Å². The number of hydrogen-bond donors (Lipinski definition) is 2. The number of amides is 3. The Morgan fingerprint density at radius 2 is 1.86 bits per heavy atom. The van der Waals surface area contributed by atoms with E-state index in [1.54, 1.807) is 0 Å². The summed E-state index contributed by atoms with van der Waals surface area (Å²) in [7, 11) is 0. The molecule has 1 saturated heterocycles. The van der Waals surface area contributed by atoms with Crippen LogP contribution < -0.4 is 10.6 Å². The van der Waals surface area contributed by atoms with Crippen LogP contribution in [0.15, 0.2) is 0 Å². The normalized spacial score (nSPS) is 23.6. The van der Waals surface area contributed by atoms with Gasteiger partial charge in [0.05, 0.1) is 0 Å². The number of hydrogen-bond acceptors (Lipinski definition) is 5. The number of ether oxygens (including phenoxy) is 2. The summed E-state index contributed by atoms with van der Waals surface area (Å²) in [6.45, 7) is 1.97. The molecule has 2 rings (SSSR count). The minimum atomic E-state index is -1.02. The van der Waals surface area contributed by atoms with Crippen molar-refractivity contribution in [1.82, 2.24) is 10.6 Å². The molecule has 0 radical (unpaired) electrons. The monoisotopic (exact) mass is 298 g/mol. The van der Waals surface area contributed by atoms with E-state index in [1.807, 2.05) is 0 Å². The molecule has 0 aromatic rings. The van der Waals surface area contributed by atoms with Gasteiger partial charge in [0.15, 0.2) is 12.2 Å². The average Bonchev–Trinajstić information content (AvgIpc) is 3.10. The highest BCUT2D eigenvalue weighted by atomic mass is 16.6. The highest BCUT2D eigenvalue weighted by molar-refractivity contribution is 5.97. The van der Waals surface area contributed by atoms with Gasteiger partial charge in [-0.1, -0.05) is 12.8 Å². The van der Waals surface area contributed by atoms with Gasteiger partial charge in [0.25, 0.3) is 5.91 Å². The molecule has 118 valence electrons. The van der Waals surface area contributed by atoms with E-state index in [-0.39, 0.29) is 6.04 Å². The molecule has 0 bridgehead atoms. The maximum atomic E-state index is 11.8. The molecule has 2 atom stereocenters. The van der Waals surface area contributed by atoms with Gasteiger partial charge in [0, 0.05) is 12.6 Å². The quantitative estimate of drug-likeness (QED) is 0.751. The first-order chi connectivity index (χ1) is 10.1. The van der Waals surface area contributed by atoms with E-state index in [4.69, 9.17) is 9.47 Å². The summed E-state index contributed by atoms with van der Waals surface area (Å²) in [5.41, 5.74) is 0. The van der Waals surface area contributed by atoms with Crippen molar-refractivity contribution in [3.05, 3.63) is 0 Å². The smallest absolute Gasteiger partial charge is 0.336 e. The van der Waals surface area contributed by atoms with Crippen molar-refractivity contribution in [3.63, 3.8) is 0 Å². The van der Waals surface area contributed by atoms with Gasteiger partial charge in [-0.15, -0.1) is 0 Å². The Labute approximate surface area is 123 Å². The van der Waals surface area contributed by atoms with Crippen LogP contribution in [0, 0.1) is 0 Å². The second kappa shape index (κ2) is 7.40. The maximum absolute atomic E-state index is 11.8. The molecule has 7 heteroatoms. The topological polar surface area (TPSA) is 93.7 Å². The molecule has 0 unspecified atom stereocenters. The summed E-state index contributed by atoms with van der Waals surface area (Å²) in [5, 5.41) is 4.93. The van der Waals surface area contributed by atoms with E-state index in [0.717, 1.165) is 32.1 Å². The largest absolute Gasteiger partial charge is 0.451 e. The lowest BCUT2D eigenvalue weighted by Gasteiger charge is -2.17. The average molecular weight is 298 g/mol. The molecule has 1 aliphatic carbocycles. The van der Waals surface area contributed by atoms with Gasteiger partial charge >= 0.3 is 12.0 Å². The highest BCUT2D eigenvalue weighted by Gasteiger charge is 2.29. The molecule has 7 nitrogen and oxygen atoms in total. The first-order valence-corrected chi connectivity index (χ1v) is 7.49. The zero-order valence-electron chi connectivity index (χ0n) is 12.2. The zero-order chi connectivity index (χ0) is 15.2. The number of rotatable bonds is 4. The predicted molar refractivity (Wildman–Crippen MR) is 73.5 cm³/mol. The van der Waals surface area contributed by atoms with E-state index >= 15 is 0 Å². The van der Waals surface area contributed by atoms with E-state index in [2.05, 4.69) is 10.6 Å². The van der Waals surface area contributed by atoms with Crippen molar-refractivity contribution in [3.8, 4) is 0 Å². The Balaban J connectivity index is 1.70. The third-order valence-electron chi connectivity index (χ3n) is 3.78. The van der Waals surface area contributed by atoms with Gasteiger partial charge in [-0.25, -0.2) is 9.59 Å². The first kappa shape index (κ1) is 15.8. The van der Waals surface area contributed by atoms with Crippen LogP contribution in [-0.4, -0.2) is 42.8 Å². The first-order valence-electron chi connectivity index (χ1n) is 7.49. The van der Waals surface area contributed by atoms with Crippen LogP contribution in [0.2, 0.25) is 0 Å². The van der Waals surface area contributed by atoms with Gasteiger partial charge in [-0.3, -0.25) is 10.1 Å². The van der Waals surface area contributed by atoms with Gasteiger partial charge in [-0.05, 0) is 32.6 Å². The fourth-order valence-corrected chi connectivity index (χ4v) is 2.57. The fourth-order valence-electron chi connectivity index (χ4n) is 2.57. The molecule has 3 amide bonds. The highest BCUT2D eigenvalue weighted by Crippen LogP contribution is 2.17. The fraction of sp³-hybridized carbons (Fsp3) is 0.786. The molecule has 0 aromatic carbocycles. The number of nitrogens with one attached hydrogen (secondary N) is 2. The van der Waals surface area contributed by atoms with E-state index < -0.39 is 30.1 Å². The Kier molecular flexibility index (Phi) is 5.55. The Morgan fingerprint density at radius 1 is 1.14 bits per heavy atom.